The van der Waals surface area contributed by atoms with Gasteiger partial charge in [0.2, 0.25) is 0 Å². The zero-order valence-corrected chi connectivity index (χ0v) is 14.0. The molecule has 0 N–H and O–H groups in total. The predicted molar refractivity (Wildman–Crippen MR) is 87.9 cm³/mol. The van der Waals surface area contributed by atoms with E-state index >= 15 is 0 Å². The van der Waals surface area contributed by atoms with Crippen molar-refractivity contribution >= 4 is 40.8 Å². The molecule has 0 saturated carbocycles. The van der Waals surface area contributed by atoms with Crippen LogP contribution in [0.2, 0.25) is 15.1 Å². The SMILES string of the molecule is N#Cc1cccc(COC(=O)COc2cc(Cl)c(Cl)cc2Cl)c1. The third-order valence-corrected chi connectivity index (χ3v) is 3.79. The molecule has 0 heterocycles. The number of hydrogen-bond acceptors (Lipinski definition) is 4. The van der Waals surface area contributed by atoms with Crippen molar-refractivity contribution in [3.63, 3.8) is 0 Å². The lowest BCUT2D eigenvalue weighted by molar-refractivity contribution is -0.147. The molecule has 0 aromatic heterocycles. The van der Waals surface area contributed by atoms with Gasteiger partial charge in [-0.1, -0.05) is 46.9 Å². The van der Waals surface area contributed by atoms with Crippen LogP contribution < -0.4 is 4.74 Å². The molecule has 0 aliphatic carbocycles. The number of benzene rings is 2. The Bertz CT molecular complexity index is 772. The zero-order valence-electron chi connectivity index (χ0n) is 11.7. The molecular formula is C16H10Cl3NO3. The van der Waals surface area contributed by atoms with Gasteiger partial charge in [-0.3, -0.25) is 0 Å². The van der Waals surface area contributed by atoms with Crippen LogP contribution in [0.1, 0.15) is 11.1 Å². The number of carbonyl (C=O) groups excluding carboxylic acids is 1. The topological polar surface area (TPSA) is 59.3 Å². The van der Waals surface area contributed by atoms with Crippen LogP contribution in [0.4, 0.5) is 0 Å². The summed E-state index contributed by atoms with van der Waals surface area (Å²) in [6, 6.07) is 11.7. The molecule has 23 heavy (non-hydrogen) atoms. The first-order valence-electron chi connectivity index (χ1n) is 6.41. The lowest BCUT2D eigenvalue weighted by Crippen LogP contribution is -2.15. The van der Waals surface area contributed by atoms with Gasteiger partial charge in [-0.2, -0.15) is 5.26 Å². The highest BCUT2D eigenvalue weighted by atomic mass is 35.5. The molecular weight excluding hydrogens is 361 g/mol. The second-order valence-corrected chi connectivity index (χ2v) is 5.68. The maximum atomic E-state index is 11.7. The van der Waals surface area contributed by atoms with E-state index < -0.39 is 5.97 Å². The third-order valence-electron chi connectivity index (χ3n) is 2.78. The summed E-state index contributed by atoms with van der Waals surface area (Å²) in [5.41, 5.74) is 1.21. The van der Waals surface area contributed by atoms with E-state index in [1.807, 2.05) is 6.07 Å². The molecule has 0 spiro atoms. The third kappa shape index (κ3) is 5.04. The second kappa shape index (κ2) is 8.07. The van der Waals surface area contributed by atoms with Gasteiger partial charge in [-0.25, -0.2) is 4.79 Å². The summed E-state index contributed by atoms with van der Waals surface area (Å²) in [5.74, 6) is -0.334. The Kier molecular flexibility index (Phi) is 6.12. The lowest BCUT2D eigenvalue weighted by atomic mass is 10.1. The number of carbonyl (C=O) groups is 1. The predicted octanol–water partition coefficient (Wildman–Crippen LogP) is 4.64. The molecule has 2 aromatic rings. The van der Waals surface area contributed by atoms with Crippen molar-refractivity contribution in [2.45, 2.75) is 6.61 Å². The smallest absolute Gasteiger partial charge is 0.344 e. The Balaban J connectivity index is 1.88. The van der Waals surface area contributed by atoms with Crippen molar-refractivity contribution in [1.82, 2.24) is 0 Å². The molecule has 7 heteroatoms. The average Bonchev–Trinajstić information content (AvgIpc) is 2.55. The van der Waals surface area contributed by atoms with Gasteiger partial charge < -0.3 is 9.47 Å². The number of rotatable bonds is 5. The Morgan fingerprint density at radius 2 is 1.83 bits per heavy atom. The molecule has 0 radical (unpaired) electrons. The summed E-state index contributed by atoms with van der Waals surface area (Å²) in [6.07, 6.45) is 0. The number of ether oxygens (including phenoxy) is 2. The van der Waals surface area contributed by atoms with E-state index in [0.29, 0.717) is 16.1 Å². The normalized spacial score (nSPS) is 10.0. The minimum atomic E-state index is -0.575. The van der Waals surface area contributed by atoms with Crippen molar-refractivity contribution < 1.29 is 14.3 Å². The van der Waals surface area contributed by atoms with E-state index in [0.717, 1.165) is 0 Å². The zero-order chi connectivity index (χ0) is 16.8. The highest BCUT2D eigenvalue weighted by Crippen LogP contribution is 2.33. The van der Waals surface area contributed by atoms with Crippen LogP contribution in [0.25, 0.3) is 0 Å². The number of halogens is 3. The molecule has 0 saturated heterocycles. The van der Waals surface area contributed by atoms with Gasteiger partial charge in [0.15, 0.2) is 6.61 Å². The monoisotopic (exact) mass is 369 g/mol. The van der Waals surface area contributed by atoms with E-state index in [4.69, 9.17) is 49.5 Å². The van der Waals surface area contributed by atoms with Crippen molar-refractivity contribution in [3.05, 3.63) is 62.6 Å². The van der Waals surface area contributed by atoms with Crippen molar-refractivity contribution in [1.29, 1.82) is 5.26 Å². The van der Waals surface area contributed by atoms with Crippen LogP contribution in [-0.4, -0.2) is 12.6 Å². The number of hydrogen-bond donors (Lipinski definition) is 0. The Morgan fingerprint density at radius 3 is 2.57 bits per heavy atom. The quantitative estimate of drug-likeness (QED) is 0.568. The van der Waals surface area contributed by atoms with Gasteiger partial charge in [0, 0.05) is 6.07 Å². The van der Waals surface area contributed by atoms with Crippen molar-refractivity contribution in [2.24, 2.45) is 0 Å². The Hall–Kier alpha value is -1.93. The fourth-order valence-corrected chi connectivity index (χ4v) is 2.28. The highest BCUT2D eigenvalue weighted by Gasteiger charge is 2.10. The van der Waals surface area contributed by atoms with E-state index in [2.05, 4.69) is 0 Å². The first-order valence-corrected chi connectivity index (χ1v) is 7.55. The minimum Gasteiger partial charge on any atom is -0.480 e. The van der Waals surface area contributed by atoms with E-state index in [1.54, 1.807) is 24.3 Å². The molecule has 0 bridgehead atoms. The molecule has 2 aromatic carbocycles. The standard InChI is InChI=1S/C16H10Cl3NO3/c17-12-5-14(19)15(6-13(12)18)22-9-16(21)23-8-11-3-1-2-10(4-11)7-20/h1-6H,8-9H2. The minimum absolute atomic E-state index is 0.0484. The van der Waals surface area contributed by atoms with Crippen LogP contribution in [0.3, 0.4) is 0 Å². The maximum Gasteiger partial charge on any atom is 0.344 e. The summed E-state index contributed by atoms with van der Waals surface area (Å²) in [6.45, 7) is -0.275. The van der Waals surface area contributed by atoms with Gasteiger partial charge >= 0.3 is 5.97 Å². The first-order chi connectivity index (χ1) is 11.0. The average molecular weight is 371 g/mol. The van der Waals surface area contributed by atoms with E-state index in [-0.39, 0.29) is 29.0 Å². The fraction of sp³-hybridized carbons (Fsp3) is 0.125. The number of nitriles is 1. The van der Waals surface area contributed by atoms with E-state index in [9.17, 15) is 4.79 Å². The maximum absolute atomic E-state index is 11.7. The van der Waals surface area contributed by atoms with Gasteiger partial charge in [0.05, 0.1) is 26.7 Å². The highest BCUT2D eigenvalue weighted by molar-refractivity contribution is 6.43. The van der Waals surface area contributed by atoms with Crippen molar-refractivity contribution in [2.75, 3.05) is 6.61 Å². The van der Waals surface area contributed by atoms with Gasteiger partial charge in [-0.05, 0) is 23.8 Å². The summed E-state index contributed by atoms with van der Waals surface area (Å²) < 4.78 is 10.3. The molecule has 0 amide bonds. The molecule has 4 nitrogen and oxygen atoms in total. The second-order valence-electron chi connectivity index (χ2n) is 4.46. The van der Waals surface area contributed by atoms with Gasteiger partial charge in [0.1, 0.15) is 12.4 Å². The molecule has 0 atom stereocenters. The molecule has 0 aliphatic rings. The van der Waals surface area contributed by atoms with Crippen LogP contribution in [-0.2, 0) is 16.1 Å². The summed E-state index contributed by atoms with van der Waals surface area (Å²) in [7, 11) is 0. The summed E-state index contributed by atoms with van der Waals surface area (Å²) >= 11 is 17.6. The lowest BCUT2D eigenvalue weighted by Gasteiger charge is -2.09. The number of nitrogens with zero attached hydrogens (tertiary/aromatic N) is 1. The number of esters is 1. The largest absolute Gasteiger partial charge is 0.480 e. The van der Waals surface area contributed by atoms with Crippen LogP contribution in [0.5, 0.6) is 5.75 Å². The van der Waals surface area contributed by atoms with Gasteiger partial charge in [0.25, 0.3) is 0 Å². The summed E-state index contributed by atoms with van der Waals surface area (Å²) in [5, 5.41) is 9.62. The van der Waals surface area contributed by atoms with E-state index in [1.165, 1.54) is 12.1 Å². The summed E-state index contributed by atoms with van der Waals surface area (Å²) in [4.78, 5) is 11.7. The fourth-order valence-electron chi connectivity index (χ4n) is 1.69. The molecule has 0 fully saturated rings. The Labute approximate surface area is 148 Å². The van der Waals surface area contributed by atoms with Crippen LogP contribution in [0.15, 0.2) is 36.4 Å². The van der Waals surface area contributed by atoms with Gasteiger partial charge in [-0.15, -0.1) is 0 Å². The van der Waals surface area contributed by atoms with Crippen LogP contribution >= 0.6 is 34.8 Å². The molecule has 0 aliphatic heterocycles. The first kappa shape index (κ1) is 17.4. The Morgan fingerprint density at radius 1 is 1.09 bits per heavy atom. The molecule has 2 rings (SSSR count). The molecule has 118 valence electrons. The van der Waals surface area contributed by atoms with Crippen molar-refractivity contribution in [3.8, 4) is 11.8 Å². The van der Waals surface area contributed by atoms with Crippen LogP contribution in [0, 0.1) is 11.3 Å². The molecule has 0 unspecified atom stereocenters.